The summed E-state index contributed by atoms with van der Waals surface area (Å²) in [5, 5.41) is 0. The molecule has 1 aromatic carbocycles. The Labute approximate surface area is 156 Å². The molecule has 0 atom stereocenters. The number of hydrogen-bond donors (Lipinski definition) is 1. The number of nitrogens with one attached hydrogen (secondary N) is 1. The standard InChI is InChI=1S/C20H22N4O3/c1-3-11-24-19(25)16-18(22-17(21-16)13-7-4-5-8-13)23-20(24)27-15-10-6-9-14(12-15)26-2/h4-6,9-10,12-13H,3,7-8,11H2,1-2H3,(H,21,22). The molecular formula is C20H22N4O3. The van der Waals surface area contributed by atoms with Crippen molar-refractivity contribution in [1.82, 2.24) is 19.5 Å². The third kappa shape index (κ3) is 3.32. The number of ether oxygens (including phenoxy) is 2. The van der Waals surface area contributed by atoms with Gasteiger partial charge in [-0.3, -0.25) is 9.36 Å². The van der Waals surface area contributed by atoms with Gasteiger partial charge in [0.2, 0.25) is 0 Å². The fourth-order valence-corrected chi connectivity index (χ4v) is 3.29. The van der Waals surface area contributed by atoms with Gasteiger partial charge in [-0.1, -0.05) is 25.1 Å². The average Bonchev–Trinajstić information content (AvgIpc) is 3.34. The normalized spacial score (nSPS) is 14.1. The molecule has 7 nitrogen and oxygen atoms in total. The molecule has 1 aliphatic rings. The number of aromatic nitrogens is 4. The van der Waals surface area contributed by atoms with E-state index in [0.29, 0.717) is 29.2 Å². The zero-order valence-corrected chi connectivity index (χ0v) is 15.4. The zero-order valence-electron chi connectivity index (χ0n) is 15.4. The summed E-state index contributed by atoms with van der Waals surface area (Å²) >= 11 is 0. The van der Waals surface area contributed by atoms with Gasteiger partial charge in [0, 0.05) is 18.5 Å². The molecule has 140 valence electrons. The minimum Gasteiger partial charge on any atom is -0.497 e. The van der Waals surface area contributed by atoms with Crippen LogP contribution < -0.4 is 15.0 Å². The molecule has 0 bridgehead atoms. The minimum absolute atomic E-state index is 0.163. The highest BCUT2D eigenvalue weighted by atomic mass is 16.5. The highest BCUT2D eigenvalue weighted by Crippen LogP contribution is 2.29. The summed E-state index contributed by atoms with van der Waals surface area (Å²) in [5.74, 6) is 2.32. The molecule has 0 aliphatic heterocycles. The van der Waals surface area contributed by atoms with E-state index in [-0.39, 0.29) is 17.5 Å². The molecule has 27 heavy (non-hydrogen) atoms. The van der Waals surface area contributed by atoms with Gasteiger partial charge in [-0.25, -0.2) is 4.98 Å². The van der Waals surface area contributed by atoms with Crippen molar-refractivity contribution in [2.45, 2.75) is 38.6 Å². The van der Waals surface area contributed by atoms with Gasteiger partial charge in [-0.2, -0.15) is 4.98 Å². The first kappa shape index (κ1) is 17.3. The van der Waals surface area contributed by atoms with Crippen molar-refractivity contribution >= 4 is 11.2 Å². The lowest BCUT2D eigenvalue weighted by Gasteiger charge is -2.12. The van der Waals surface area contributed by atoms with Crippen LogP contribution in [0, 0.1) is 0 Å². The van der Waals surface area contributed by atoms with Crippen molar-refractivity contribution in [3.8, 4) is 17.5 Å². The minimum atomic E-state index is -0.163. The second-order valence-corrected chi connectivity index (χ2v) is 6.59. The fraction of sp³-hybridized carbons (Fsp3) is 0.350. The highest BCUT2D eigenvalue weighted by molar-refractivity contribution is 5.70. The maximum Gasteiger partial charge on any atom is 0.306 e. The van der Waals surface area contributed by atoms with Crippen LogP contribution in [-0.4, -0.2) is 26.6 Å². The van der Waals surface area contributed by atoms with Crippen LogP contribution in [0.1, 0.15) is 37.9 Å². The molecule has 0 spiro atoms. The summed E-state index contributed by atoms with van der Waals surface area (Å²) in [5.41, 5.74) is 0.667. The van der Waals surface area contributed by atoms with Crippen molar-refractivity contribution < 1.29 is 9.47 Å². The number of fused-ring (bicyclic) bond motifs is 1. The molecule has 0 fully saturated rings. The second kappa shape index (κ2) is 7.26. The molecular weight excluding hydrogens is 344 g/mol. The molecule has 1 N–H and O–H groups in total. The Morgan fingerprint density at radius 3 is 2.74 bits per heavy atom. The van der Waals surface area contributed by atoms with E-state index in [2.05, 4.69) is 27.1 Å². The van der Waals surface area contributed by atoms with Gasteiger partial charge >= 0.3 is 6.01 Å². The van der Waals surface area contributed by atoms with Crippen LogP contribution in [0.5, 0.6) is 17.5 Å². The van der Waals surface area contributed by atoms with Crippen LogP contribution in [0.25, 0.3) is 11.2 Å². The van der Waals surface area contributed by atoms with Gasteiger partial charge in [-0.15, -0.1) is 0 Å². The van der Waals surface area contributed by atoms with E-state index in [9.17, 15) is 4.79 Å². The van der Waals surface area contributed by atoms with Gasteiger partial charge < -0.3 is 14.5 Å². The number of aromatic amines is 1. The quantitative estimate of drug-likeness (QED) is 0.672. The lowest BCUT2D eigenvalue weighted by atomic mass is 10.1. The molecule has 0 radical (unpaired) electrons. The smallest absolute Gasteiger partial charge is 0.306 e. The number of benzene rings is 1. The molecule has 3 aromatic rings. The summed E-state index contributed by atoms with van der Waals surface area (Å²) in [6.45, 7) is 2.52. The van der Waals surface area contributed by atoms with Gasteiger partial charge in [0.05, 0.1) is 7.11 Å². The van der Waals surface area contributed by atoms with Crippen LogP contribution in [0.3, 0.4) is 0 Å². The van der Waals surface area contributed by atoms with Crippen LogP contribution >= 0.6 is 0 Å². The second-order valence-electron chi connectivity index (χ2n) is 6.59. The maximum atomic E-state index is 13.0. The van der Waals surface area contributed by atoms with E-state index in [0.717, 1.165) is 25.1 Å². The number of rotatable bonds is 6. The summed E-state index contributed by atoms with van der Waals surface area (Å²) in [7, 11) is 1.60. The summed E-state index contributed by atoms with van der Waals surface area (Å²) in [6.07, 6.45) is 6.91. The van der Waals surface area contributed by atoms with Crippen molar-refractivity contribution in [3.63, 3.8) is 0 Å². The highest BCUT2D eigenvalue weighted by Gasteiger charge is 2.21. The molecule has 0 amide bonds. The first-order chi connectivity index (χ1) is 13.2. The van der Waals surface area contributed by atoms with Crippen LogP contribution in [0.4, 0.5) is 0 Å². The van der Waals surface area contributed by atoms with E-state index in [4.69, 9.17) is 9.47 Å². The molecule has 2 heterocycles. The molecule has 2 aromatic heterocycles. The average molecular weight is 366 g/mol. The lowest BCUT2D eigenvalue weighted by Crippen LogP contribution is -2.23. The summed E-state index contributed by atoms with van der Waals surface area (Å²) < 4.78 is 12.7. The van der Waals surface area contributed by atoms with E-state index < -0.39 is 0 Å². The Morgan fingerprint density at radius 2 is 2.00 bits per heavy atom. The number of nitrogens with zero attached hydrogens (tertiary/aromatic N) is 3. The predicted octanol–water partition coefficient (Wildman–Crippen LogP) is 3.76. The lowest BCUT2D eigenvalue weighted by molar-refractivity contribution is 0.387. The fourth-order valence-electron chi connectivity index (χ4n) is 3.29. The van der Waals surface area contributed by atoms with Crippen molar-refractivity contribution in [2.75, 3.05) is 7.11 Å². The number of allylic oxidation sites excluding steroid dienone is 2. The van der Waals surface area contributed by atoms with Crippen LogP contribution in [0.2, 0.25) is 0 Å². The van der Waals surface area contributed by atoms with Gasteiger partial charge in [-0.05, 0) is 31.4 Å². The maximum absolute atomic E-state index is 13.0. The van der Waals surface area contributed by atoms with Crippen molar-refractivity contribution in [3.05, 3.63) is 52.6 Å². The number of H-pyrrole nitrogens is 1. The third-order valence-corrected chi connectivity index (χ3v) is 4.69. The van der Waals surface area contributed by atoms with E-state index in [1.165, 1.54) is 0 Å². The monoisotopic (exact) mass is 366 g/mol. The molecule has 7 heteroatoms. The Kier molecular flexibility index (Phi) is 4.66. The number of methoxy groups -OCH3 is 1. The van der Waals surface area contributed by atoms with E-state index in [1.807, 2.05) is 19.1 Å². The van der Waals surface area contributed by atoms with Crippen molar-refractivity contribution in [2.24, 2.45) is 0 Å². The Hall–Kier alpha value is -3.09. The summed E-state index contributed by atoms with van der Waals surface area (Å²) in [4.78, 5) is 25.3. The summed E-state index contributed by atoms with van der Waals surface area (Å²) in [6, 6.07) is 7.46. The van der Waals surface area contributed by atoms with Gasteiger partial charge in [0.25, 0.3) is 5.56 Å². The Bertz CT molecular complexity index is 1040. The third-order valence-electron chi connectivity index (χ3n) is 4.69. The molecule has 4 rings (SSSR count). The van der Waals surface area contributed by atoms with Crippen LogP contribution in [-0.2, 0) is 6.54 Å². The Balaban J connectivity index is 1.77. The topological polar surface area (TPSA) is 82.0 Å². The molecule has 1 aliphatic carbocycles. The molecule has 0 saturated carbocycles. The molecule has 0 saturated heterocycles. The van der Waals surface area contributed by atoms with E-state index in [1.54, 1.807) is 23.8 Å². The number of hydrogen-bond acceptors (Lipinski definition) is 5. The SMILES string of the molecule is CCCn1c(Oc2cccc(OC)c2)nc2nc(C3CC=CC3)[nH]c2c1=O. The first-order valence-electron chi connectivity index (χ1n) is 9.17. The predicted molar refractivity (Wildman–Crippen MR) is 103 cm³/mol. The molecule has 0 unspecified atom stereocenters. The van der Waals surface area contributed by atoms with Gasteiger partial charge in [0.15, 0.2) is 11.2 Å². The van der Waals surface area contributed by atoms with Gasteiger partial charge in [0.1, 0.15) is 17.3 Å². The first-order valence-corrected chi connectivity index (χ1v) is 9.17. The zero-order chi connectivity index (χ0) is 18.8. The Morgan fingerprint density at radius 1 is 1.22 bits per heavy atom. The van der Waals surface area contributed by atoms with E-state index >= 15 is 0 Å². The van der Waals surface area contributed by atoms with Crippen LogP contribution in [0.15, 0.2) is 41.2 Å². The van der Waals surface area contributed by atoms with Crippen molar-refractivity contribution in [1.29, 1.82) is 0 Å². The largest absolute Gasteiger partial charge is 0.497 e. The number of imidazole rings is 1.